The van der Waals surface area contributed by atoms with Crippen molar-refractivity contribution < 1.29 is 18.7 Å². The number of fused-ring (bicyclic) bond motifs is 1. The number of amides is 1. The summed E-state index contributed by atoms with van der Waals surface area (Å²) in [5.74, 6) is 0.145. The maximum atomic E-state index is 13.6. The van der Waals surface area contributed by atoms with Gasteiger partial charge in [-0.25, -0.2) is 9.80 Å². The molecule has 2 heterocycles. The van der Waals surface area contributed by atoms with Crippen LogP contribution in [-0.2, 0) is 11.3 Å². The average Bonchev–Trinajstić information content (AvgIpc) is 3.46. The number of carbonyl (C=O) groups is 1. The number of ether oxygens (including phenoxy) is 2. The second-order valence-corrected chi connectivity index (χ2v) is 8.49. The fourth-order valence-corrected chi connectivity index (χ4v) is 4.42. The molecule has 1 amide bonds. The number of benzene rings is 3. The van der Waals surface area contributed by atoms with Crippen LogP contribution >= 0.6 is 11.6 Å². The lowest BCUT2D eigenvalue weighted by molar-refractivity contribution is -0.133. The van der Waals surface area contributed by atoms with Crippen LogP contribution in [0.4, 0.5) is 0 Å². The molecule has 4 aromatic rings. The van der Waals surface area contributed by atoms with Crippen molar-refractivity contribution in [2.24, 2.45) is 5.10 Å². The summed E-state index contributed by atoms with van der Waals surface area (Å²) >= 11 is 6.11. The topological polar surface area (TPSA) is 86.3 Å². The van der Waals surface area contributed by atoms with E-state index in [0.717, 1.165) is 16.8 Å². The minimum absolute atomic E-state index is 0.248. The summed E-state index contributed by atoms with van der Waals surface area (Å²) in [6, 6.07) is 19.6. The van der Waals surface area contributed by atoms with E-state index in [0.29, 0.717) is 34.0 Å². The van der Waals surface area contributed by atoms with Crippen LogP contribution in [0.2, 0.25) is 5.02 Å². The Balaban J connectivity index is 1.53. The molecule has 1 unspecified atom stereocenters. The summed E-state index contributed by atoms with van der Waals surface area (Å²) in [4.78, 5) is 26.1. The molecular formula is C26H22ClN3O5. The van der Waals surface area contributed by atoms with Crippen molar-refractivity contribution in [1.29, 1.82) is 0 Å². The third-order valence-corrected chi connectivity index (χ3v) is 6.22. The van der Waals surface area contributed by atoms with Gasteiger partial charge in [0.2, 0.25) is 0 Å². The second kappa shape index (κ2) is 9.31. The van der Waals surface area contributed by atoms with Gasteiger partial charge in [-0.2, -0.15) is 5.10 Å². The molecular weight excluding hydrogens is 470 g/mol. The number of carbonyl (C=O) groups excluding carboxylic acids is 1. The van der Waals surface area contributed by atoms with Gasteiger partial charge in [0, 0.05) is 11.4 Å². The molecule has 0 aliphatic carbocycles. The van der Waals surface area contributed by atoms with Crippen LogP contribution in [-0.4, -0.2) is 35.4 Å². The first kappa shape index (κ1) is 22.7. The zero-order valence-corrected chi connectivity index (χ0v) is 19.9. The Bertz CT molecular complexity index is 1490. The van der Waals surface area contributed by atoms with E-state index in [1.165, 1.54) is 9.58 Å². The van der Waals surface area contributed by atoms with Gasteiger partial charge in [-0.15, -0.1) is 0 Å². The quantitative estimate of drug-likeness (QED) is 0.392. The molecule has 0 spiro atoms. The average molecular weight is 492 g/mol. The maximum absolute atomic E-state index is 13.6. The molecule has 178 valence electrons. The number of oxazole rings is 1. The van der Waals surface area contributed by atoms with Gasteiger partial charge in [-0.1, -0.05) is 48.0 Å². The lowest BCUT2D eigenvalue weighted by Crippen LogP contribution is -2.32. The van der Waals surface area contributed by atoms with Gasteiger partial charge in [0.15, 0.2) is 17.1 Å². The molecule has 0 fully saturated rings. The Kier molecular flexibility index (Phi) is 6.05. The summed E-state index contributed by atoms with van der Waals surface area (Å²) in [5, 5.41) is 6.55. The monoisotopic (exact) mass is 491 g/mol. The molecule has 1 aliphatic heterocycles. The second-order valence-electron chi connectivity index (χ2n) is 8.05. The van der Waals surface area contributed by atoms with Crippen LogP contribution in [0.5, 0.6) is 11.5 Å². The maximum Gasteiger partial charge on any atom is 0.420 e. The zero-order chi connectivity index (χ0) is 24.5. The van der Waals surface area contributed by atoms with E-state index in [1.807, 2.05) is 42.5 Å². The van der Waals surface area contributed by atoms with Crippen LogP contribution in [0.15, 0.2) is 81.0 Å². The number of aromatic nitrogens is 1. The van der Waals surface area contributed by atoms with Gasteiger partial charge in [0.1, 0.15) is 6.54 Å². The summed E-state index contributed by atoms with van der Waals surface area (Å²) in [7, 11) is 3.13. The zero-order valence-electron chi connectivity index (χ0n) is 19.1. The number of hydrazone groups is 1. The number of nitrogens with zero attached hydrogens (tertiary/aromatic N) is 3. The Morgan fingerprint density at radius 1 is 1.06 bits per heavy atom. The molecule has 1 atom stereocenters. The molecule has 9 heteroatoms. The van der Waals surface area contributed by atoms with Gasteiger partial charge < -0.3 is 13.9 Å². The third kappa shape index (κ3) is 4.28. The first-order chi connectivity index (χ1) is 17.0. The van der Waals surface area contributed by atoms with Crippen LogP contribution in [0.25, 0.3) is 11.1 Å². The van der Waals surface area contributed by atoms with E-state index < -0.39 is 11.8 Å². The number of hydrogen-bond donors (Lipinski definition) is 0. The number of rotatable bonds is 6. The highest BCUT2D eigenvalue weighted by Crippen LogP contribution is 2.37. The highest BCUT2D eigenvalue weighted by atomic mass is 35.5. The molecule has 8 nitrogen and oxygen atoms in total. The van der Waals surface area contributed by atoms with E-state index in [9.17, 15) is 9.59 Å². The van der Waals surface area contributed by atoms with Crippen molar-refractivity contribution >= 4 is 34.3 Å². The molecule has 3 aromatic carbocycles. The van der Waals surface area contributed by atoms with Crippen LogP contribution in [0.1, 0.15) is 23.6 Å². The number of methoxy groups -OCH3 is 2. The van der Waals surface area contributed by atoms with Crippen molar-refractivity contribution in [3.63, 3.8) is 0 Å². The van der Waals surface area contributed by atoms with Crippen LogP contribution in [0.3, 0.4) is 0 Å². The first-order valence-corrected chi connectivity index (χ1v) is 11.3. The summed E-state index contributed by atoms with van der Waals surface area (Å²) < 4.78 is 17.4. The number of hydrogen-bond acceptors (Lipinski definition) is 6. The Morgan fingerprint density at radius 3 is 2.57 bits per heavy atom. The van der Waals surface area contributed by atoms with E-state index in [-0.39, 0.29) is 12.5 Å². The molecule has 0 saturated carbocycles. The molecule has 0 bridgehead atoms. The lowest BCUT2D eigenvalue weighted by Gasteiger charge is -2.23. The van der Waals surface area contributed by atoms with Gasteiger partial charge in [-0.05, 0) is 41.5 Å². The molecule has 0 N–H and O–H groups in total. The van der Waals surface area contributed by atoms with Gasteiger partial charge in [0.25, 0.3) is 5.91 Å². The van der Waals surface area contributed by atoms with E-state index in [2.05, 4.69) is 5.10 Å². The molecule has 1 aliphatic rings. The number of halogens is 1. The smallest absolute Gasteiger partial charge is 0.420 e. The van der Waals surface area contributed by atoms with Crippen molar-refractivity contribution in [3.8, 4) is 11.5 Å². The predicted octanol–water partition coefficient (Wildman–Crippen LogP) is 4.64. The minimum atomic E-state index is -0.634. The molecule has 0 saturated heterocycles. The van der Waals surface area contributed by atoms with Gasteiger partial charge >= 0.3 is 5.76 Å². The highest BCUT2D eigenvalue weighted by molar-refractivity contribution is 6.31. The summed E-state index contributed by atoms with van der Waals surface area (Å²) in [6.45, 7) is -0.248. The molecule has 5 rings (SSSR count). The minimum Gasteiger partial charge on any atom is -0.493 e. The third-order valence-electron chi connectivity index (χ3n) is 5.99. The van der Waals surface area contributed by atoms with Crippen molar-refractivity contribution in [1.82, 2.24) is 9.58 Å². The largest absolute Gasteiger partial charge is 0.493 e. The van der Waals surface area contributed by atoms with Gasteiger partial charge in [-0.3, -0.25) is 9.36 Å². The Hall–Kier alpha value is -4.04. The lowest BCUT2D eigenvalue weighted by atomic mass is 9.98. The van der Waals surface area contributed by atoms with Crippen LogP contribution < -0.4 is 15.2 Å². The highest BCUT2D eigenvalue weighted by Gasteiger charge is 2.34. The Morgan fingerprint density at radius 2 is 1.83 bits per heavy atom. The van der Waals surface area contributed by atoms with E-state index >= 15 is 0 Å². The molecule has 35 heavy (non-hydrogen) atoms. The van der Waals surface area contributed by atoms with E-state index in [1.54, 1.807) is 38.5 Å². The fourth-order valence-electron chi connectivity index (χ4n) is 4.26. The molecule has 0 radical (unpaired) electrons. The fraction of sp³-hybridized carbons (Fsp3) is 0.192. The van der Waals surface area contributed by atoms with Gasteiger partial charge in [0.05, 0.1) is 31.5 Å². The standard InChI is InChI=1S/C26H22ClN3O5/c1-33-23-10-8-17(12-24(23)34-2)20-14-19(16-6-4-3-5-7-16)28-30(20)25(31)15-29-21-13-18(27)9-11-22(21)35-26(29)32/h3-13,20H,14-15H2,1-2H3. The Labute approximate surface area is 205 Å². The predicted molar refractivity (Wildman–Crippen MR) is 132 cm³/mol. The van der Waals surface area contributed by atoms with Crippen molar-refractivity contribution in [2.75, 3.05) is 14.2 Å². The summed E-state index contributed by atoms with van der Waals surface area (Å²) in [5.41, 5.74) is 3.33. The van der Waals surface area contributed by atoms with E-state index in [4.69, 9.17) is 25.5 Å². The SMILES string of the molecule is COc1ccc(C2CC(c3ccccc3)=NN2C(=O)Cn2c(=O)oc3ccc(Cl)cc32)cc1OC. The van der Waals surface area contributed by atoms with Crippen molar-refractivity contribution in [3.05, 3.63) is 93.4 Å². The normalized spacial score (nSPS) is 15.3. The van der Waals surface area contributed by atoms with Crippen LogP contribution in [0, 0.1) is 0 Å². The first-order valence-electron chi connectivity index (χ1n) is 10.9. The summed E-state index contributed by atoms with van der Waals surface area (Å²) in [6.07, 6.45) is 0.498. The van der Waals surface area contributed by atoms with Crippen molar-refractivity contribution in [2.45, 2.75) is 19.0 Å². The molecule has 1 aromatic heterocycles.